The first kappa shape index (κ1) is 17.5. The Kier molecular flexibility index (Phi) is 7.22. The second-order valence-electron chi connectivity index (χ2n) is 5.67. The molecular formula is C15H29N5O. The summed E-state index contributed by atoms with van der Waals surface area (Å²) in [6.45, 7) is 10.8. The van der Waals surface area contributed by atoms with Gasteiger partial charge in [0.1, 0.15) is 0 Å². The lowest BCUT2D eigenvalue weighted by molar-refractivity contribution is 0.179. The molecule has 6 heteroatoms. The summed E-state index contributed by atoms with van der Waals surface area (Å²) in [5.41, 5.74) is 2.27. The molecule has 1 rings (SSSR count). The smallest absolute Gasteiger partial charge is 0.191 e. The molecule has 1 aromatic heterocycles. The first-order chi connectivity index (χ1) is 9.96. The fourth-order valence-corrected chi connectivity index (χ4v) is 2.21. The summed E-state index contributed by atoms with van der Waals surface area (Å²) in [6, 6.07) is 2.33. The van der Waals surface area contributed by atoms with Gasteiger partial charge >= 0.3 is 0 Å². The van der Waals surface area contributed by atoms with Gasteiger partial charge in [-0.05, 0) is 32.8 Å². The average molecular weight is 295 g/mol. The van der Waals surface area contributed by atoms with Gasteiger partial charge < -0.3 is 15.4 Å². The maximum Gasteiger partial charge on any atom is 0.191 e. The Bertz CT molecular complexity index is 455. The maximum atomic E-state index is 5.11. The van der Waals surface area contributed by atoms with Crippen molar-refractivity contribution in [1.29, 1.82) is 0 Å². The van der Waals surface area contributed by atoms with Crippen molar-refractivity contribution in [2.24, 2.45) is 10.9 Å². The summed E-state index contributed by atoms with van der Waals surface area (Å²) in [7, 11) is 3.48. The normalized spacial score (nSPS) is 14.9. The molecule has 0 aliphatic carbocycles. The molecule has 21 heavy (non-hydrogen) atoms. The Morgan fingerprint density at radius 2 is 2.14 bits per heavy atom. The quantitative estimate of drug-likeness (QED) is 0.588. The van der Waals surface area contributed by atoms with Crippen molar-refractivity contribution < 1.29 is 4.74 Å². The SMILES string of the molecule is CN=C(NC[C@H](C)Cn1nc(C)cc1C)N[C@@H](C)COC. The Morgan fingerprint density at radius 1 is 1.43 bits per heavy atom. The number of hydrogen-bond acceptors (Lipinski definition) is 3. The van der Waals surface area contributed by atoms with E-state index in [1.54, 1.807) is 14.2 Å². The van der Waals surface area contributed by atoms with Crippen LogP contribution in [0.5, 0.6) is 0 Å². The second kappa shape index (κ2) is 8.67. The summed E-state index contributed by atoms with van der Waals surface area (Å²) < 4.78 is 7.17. The van der Waals surface area contributed by atoms with E-state index in [0.29, 0.717) is 12.5 Å². The fourth-order valence-electron chi connectivity index (χ4n) is 2.21. The average Bonchev–Trinajstić information content (AvgIpc) is 2.73. The van der Waals surface area contributed by atoms with Gasteiger partial charge in [0, 0.05) is 39.0 Å². The number of nitrogens with zero attached hydrogens (tertiary/aromatic N) is 3. The number of aliphatic imine (C=N–C) groups is 1. The van der Waals surface area contributed by atoms with Gasteiger partial charge in [-0.25, -0.2) is 0 Å². The highest BCUT2D eigenvalue weighted by Gasteiger charge is 2.09. The molecule has 0 fully saturated rings. The van der Waals surface area contributed by atoms with Crippen LogP contribution in [0.4, 0.5) is 0 Å². The fraction of sp³-hybridized carbons (Fsp3) is 0.733. The molecule has 0 unspecified atom stereocenters. The van der Waals surface area contributed by atoms with E-state index < -0.39 is 0 Å². The van der Waals surface area contributed by atoms with Crippen molar-refractivity contribution >= 4 is 5.96 Å². The van der Waals surface area contributed by atoms with Crippen LogP contribution in [0.3, 0.4) is 0 Å². The van der Waals surface area contributed by atoms with Crippen molar-refractivity contribution in [1.82, 2.24) is 20.4 Å². The number of rotatable bonds is 7. The largest absolute Gasteiger partial charge is 0.383 e. The summed E-state index contributed by atoms with van der Waals surface area (Å²) in [6.07, 6.45) is 0. The van der Waals surface area contributed by atoms with E-state index in [1.165, 1.54) is 5.69 Å². The third kappa shape index (κ3) is 6.16. The van der Waals surface area contributed by atoms with Gasteiger partial charge in [0.2, 0.25) is 0 Å². The number of aryl methyl sites for hydroxylation is 2. The van der Waals surface area contributed by atoms with Gasteiger partial charge in [-0.1, -0.05) is 6.92 Å². The number of nitrogens with one attached hydrogen (secondary N) is 2. The lowest BCUT2D eigenvalue weighted by Crippen LogP contribution is -2.45. The third-order valence-electron chi connectivity index (χ3n) is 3.23. The van der Waals surface area contributed by atoms with E-state index >= 15 is 0 Å². The lowest BCUT2D eigenvalue weighted by Gasteiger charge is -2.19. The van der Waals surface area contributed by atoms with Crippen LogP contribution in [-0.4, -0.2) is 49.1 Å². The molecule has 0 aromatic carbocycles. The van der Waals surface area contributed by atoms with Crippen molar-refractivity contribution in [2.75, 3.05) is 27.3 Å². The van der Waals surface area contributed by atoms with Crippen LogP contribution < -0.4 is 10.6 Å². The van der Waals surface area contributed by atoms with Crippen molar-refractivity contribution in [2.45, 2.75) is 40.3 Å². The minimum atomic E-state index is 0.229. The predicted octanol–water partition coefficient (Wildman–Crippen LogP) is 1.34. The van der Waals surface area contributed by atoms with Crippen molar-refractivity contribution in [3.8, 4) is 0 Å². The minimum absolute atomic E-state index is 0.229. The molecule has 0 spiro atoms. The Labute approximate surface area is 128 Å². The molecule has 0 saturated carbocycles. The highest BCUT2D eigenvalue weighted by Crippen LogP contribution is 2.05. The number of methoxy groups -OCH3 is 1. The second-order valence-corrected chi connectivity index (χ2v) is 5.67. The summed E-state index contributed by atoms with van der Waals surface area (Å²) in [5, 5.41) is 11.1. The molecule has 0 bridgehead atoms. The molecule has 0 aliphatic rings. The maximum absolute atomic E-state index is 5.11. The molecule has 1 heterocycles. The van der Waals surface area contributed by atoms with Crippen molar-refractivity contribution in [3.63, 3.8) is 0 Å². The third-order valence-corrected chi connectivity index (χ3v) is 3.23. The van der Waals surface area contributed by atoms with Gasteiger partial charge in [-0.15, -0.1) is 0 Å². The number of ether oxygens (including phenoxy) is 1. The summed E-state index contributed by atoms with van der Waals surface area (Å²) in [4.78, 5) is 4.23. The lowest BCUT2D eigenvalue weighted by atomic mass is 10.2. The highest BCUT2D eigenvalue weighted by molar-refractivity contribution is 5.79. The number of hydrogen-bond donors (Lipinski definition) is 2. The van der Waals surface area contributed by atoms with Crippen molar-refractivity contribution in [3.05, 3.63) is 17.5 Å². The zero-order valence-electron chi connectivity index (χ0n) is 14.1. The molecule has 0 saturated heterocycles. The van der Waals surface area contributed by atoms with Crippen LogP contribution in [0, 0.1) is 19.8 Å². The predicted molar refractivity (Wildman–Crippen MR) is 86.7 cm³/mol. The van der Waals surface area contributed by atoms with E-state index in [0.717, 1.165) is 24.7 Å². The van der Waals surface area contributed by atoms with Gasteiger partial charge in [-0.3, -0.25) is 9.67 Å². The van der Waals surface area contributed by atoms with E-state index in [1.807, 2.05) is 6.92 Å². The van der Waals surface area contributed by atoms with Gasteiger partial charge in [0.15, 0.2) is 5.96 Å². The molecule has 120 valence electrons. The van der Waals surface area contributed by atoms with Crippen LogP contribution in [-0.2, 0) is 11.3 Å². The first-order valence-electron chi connectivity index (χ1n) is 7.43. The van der Waals surface area contributed by atoms with Crippen LogP contribution in [0.15, 0.2) is 11.1 Å². The van der Waals surface area contributed by atoms with Crippen LogP contribution in [0.2, 0.25) is 0 Å². The van der Waals surface area contributed by atoms with Gasteiger partial charge in [0.05, 0.1) is 12.3 Å². The summed E-state index contributed by atoms with van der Waals surface area (Å²) >= 11 is 0. The molecule has 0 amide bonds. The zero-order valence-corrected chi connectivity index (χ0v) is 14.1. The van der Waals surface area contributed by atoms with Crippen LogP contribution in [0.25, 0.3) is 0 Å². The molecular weight excluding hydrogens is 266 g/mol. The standard InChI is InChI=1S/C15H29N5O/c1-11(9-20-14(4)7-12(2)19-20)8-17-15(16-5)18-13(3)10-21-6/h7,11,13H,8-10H2,1-6H3,(H2,16,17,18)/t11-,13-/m0/s1. The van der Waals surface area contributed by atoms with Crippen LogP contribution in [0.1, 0.15) is 25.2 Å². The zero-order chi connectivity index (χ0) is 15.8. The summed E-state index contributed by atoms with van der Waals surface area (Å²) in [5.74, 6) is 1.26. The van der Waals surface area contributed by atoms with E-state index in [9.17, 15) is 0 Å². The molecule has 0 radical (unpaired) electrons. The van der Waals surface area contributed by atoms with E-state index in [-0.39, 0.29) is 6.04 Å². The molecule has 6 nitrogen and oxygen atoms in total. The number of aromatic nitrogens is 2. The van der Waals surface area contributed by atoms with Crippen LogP contribution >= 0.6 is 0 Å². The Morgan fingerprint density at radius 3 is 2.67 bits per heavy atom. The molecule has 2 N–H and O–H groups in total. The van der Waals surface area contributed by atoms with E-state index in [4.69, 9.17) is 4.74 Å². The van der Waals surface area contributed by atoms with Gasteiger partial charge in [0.25, 0.3) is 0 Å². The highest BCUT2D eigenvalue weighted by atomic mass is 16.5. The molecule has 2 atom stereocenters. The minimum Gasteiger partial charge on any atom is -0.383 e. The Balaban J connectivity index is 2.40. The monoisotopic (exact) mass is 295 g/mol. The first-order valence-corrected chi connectivity index (χ1v) is 7.43. The van der Waals surface area contributed by atoms with E-state index in [2.05, 4.69) is 52.2 Å². The molecule has 1 aromatic rings. The topological polar surface area (TPSA) is 63.5 Å². The number of guanidine groups is 1. The van der Waals surface area contributed by atoms with Gasteiger partial charge in [-0.2, -0.15) is 5.10 Å². The molecule has 0 aliphatic heterocycles. The Hall–Kier alpha value is -1.56.